The van der Waals surface area contributed by atoms with E-state index in [1.165, 1.54) is 6.42 Å². The van der Waals surface area contributed by atoms with Crippen molar-refractivity contribution in [2.75, 3.05) is 52.7 Å². The molecule has 232 valence electrons. The normalized spacial score (nSPS) is 21.4. The molecular weight excluding hydrogens is 538 g/mol. The molecule has 1 aromatic heterocycles. The van der Waals surface area contributed by atoms with Crippen molar-refractivity contribution in [2.24, 2.45) is 13.0 Å². The van der Waals surface area contributed by atoms with E-state index < -0.39 is 12.2 Å². The Hall–Kier alpha value is -2.92. The number of para-hydroxylation sites is 1. The van der Waals surface area contributed by atoms with Crippen molar-refractivity contribution in [2.45, 2.75) is 64.6 Å². The van der Waals surface area contributed by atoms with E-state index >= 15 is 0 Å². The Kier molecular flexibility index (Phi) is 12.2. The lowest BCUT2D eigenvalue weighted by Crippen LogP contribution is -2.42. The van der Waals surface area contributed by atoms with Crippen LogP contribution in [0.5, 0.6) is 0 Å². The molecule has 2 aromatic rings. The molecule has 10 nitrogen and oxygen atoms in total. The maximum atomic E-state index is 14.1. The fourth-order valence-electron chi connectivity index (χ4n) is 5.95. The van der Waals surface area contributed by atoms with Crippen LogP contribution in [0.15, 0.2) is 47.0 Å². The summed E-state index contributed by atoms with van der Waals surface area (Å²) in [5, 5.41) is 8.91. The molecule has 0 aliphatic carbocycles. The molecule has 10 heteroatoms. The quantitative estimate of drug-likeness (QED) is 0.358. The number of nitrogens with zero attached hydrogens (tertiary/aromatic N) is 3. The lowest BCUT2D eigenvalue weighted by atomic mass is 9.81. The standard InChI is InChI=1S/C32H47N3O7/c1-4-41-32-26(15-19-39-21-22-40-20-18-36)27(23-28(42-32)30(37)34-16-11-6-5-7-12-17-34)29-24(2)33(3)35(31(29)38)25-13-9-8-10-14-25/h8-10,13-14,23,26-27,32,36H,4-7,11-12,15-22H2,1-3H3/t26-,27-,32+/m1/s1. The molecule has 1 amide bonds. The van der Waals surface area contributed by atoms with Crippen molar-refractivity contribution in [1.29, 1.82) is 0 Å². The molecule has 2 aliphatic rings. The first-order valence-electron chi connectivity index (χ1n) is 15.4. The van der Waals surface area contributed by atoms with Crippen molar-refractivity contribution in [3.05, 3.63) is 63.8 Å². The number of aromatic nitrogens is 2. The Morgan fingerprint density at radius 1 is 1.00 bits per heavy atom. The number of hydrogen-bond donors (Lipinski definition) is 1. The highest BCUT2D eigenvalue weighted by molar-refractivity contribution is 5.91. The average molecular weight is 586 g/mol. The molecule has 0 radical (unpaired) electrons. The van der Waals surface area contributed by atoms with Gasteiger partial charge in [0.05, 0.1) is 32.1 Å². The van der Waals surface area contributed by atoms with E-state index in [9.17, 15) is 9.59 Å². The Bertz CT molecular complexity index is 1210. The number of carbonyl (C=O) groups excluding carboxylic acids is 1. The highest BCUT2D eigenvalue weighted by atomic mass is 16.7. The fourth-order valence-corrected chi connectivity index (χ4v) is 5.95. The third kappa shape index (κ3) is 7.72. The number of allylic oxidation sites excluding steroid dienone is 1. The second-order valence-corrected chi connectivity index (χ2v) is 10.9. The van der Waals surface area contributed by atoms with E-state index in [0.717, 1.165) is 37.1 Å². The van der Waals surface area contributed by atoms with E-state index in [-0.39, 0.29) is 36.4 Å². The lowest BCUT2D eigenvalue weighted by molar-refractivity contribution is -0.172. The van der Waals surface area contributed by atoms with E-state index in [1.54, 1.807) is 4.68 Å². The van der Waals surface area contributed by atoms with Gasteiger partial charge in [0.25, 0.3) is 11.5 Å². The number of hydrogen-bond acceptors (Lipinski definition) is 7. The molecule has 3 heterocycles. The molecule has 3 atom stereocenters. The molecule has 0 saturated carbocycles. The number of carbonyl (C=O) groups is 1. The second kappa shape index (κ2) is 16.1. The number of likely N-dealkylation sites (tertiary alicyclic amines) is 1. The number of aliphatic hydroxyl groups is 1. The van der Waals surface area contributed by atoms with Crippen LogP contribution in [0.4, 0.5) is 0 Å². The van der Waals surface area contributed by atoms with Gasteiger partial charge < -0.3 is 29.0 Å². The maximum Gasteiger partial charge on any atom is 0.288 e. The summed E-state index contributed by atoms with van der Waals surface area (Å²) in [4.78, 5) is 29.8. The molecule has 1 fully saturated rings. The number of rotatable bonds is 13. The van der Waals surface area contributed by atoms with Gasteiger partial charge in [0.1, 0.15) is 0 Å². The third-order valence-electron chi connectivity index (χ3n) is 8.21. The van der Waals surface area contributed by atoms with Crippen molar-refractivity contribution >= 4 is 5.91 Å². The maximum absolute atomic E-state index is 14.1. The van der Waals surface area contributed by atoms with Crippen molar-refractivity contribution < 1.29 is 28.8 Å². The molecule has 0 spiro atoms. The van der Waals surface area contributed by atoms with E-state index in [2.05, 4.69) is 0 Å². The van der Waals surface area contributed by atoms with Crippen LogP contribution in [0.2, 0.25) is 0 Å². The van der Waals surface area contributed by atoms with Crippen LogP contribution >= 0.6 is 0 Å². The topological polar surface area (TPSA) is 104 Å². The second-order valence-electron chi connectivity index (χ2n) is 10.9. The summed E-state index contributed by atoms with van der Waals surface area (Å²) in [7, 11) is 1.88. The van der Waals surface area contributed by atoms with Crippen LogP contribution < -0.4 is 5.56 Å². The third-order valence-corrected chi connectivity index (χ3v) is 8.21. The number of ether oxygens (including phenoxy) is 4. The van der Waals surface area contributed by atoms with Crippen LogP contribution in [0, 0.1) is 12.8 Å². The Labute approximate surface area is 248 Å². The van der Waals surface area contributed by atoms with Gasteiger partial charge in [-0.25, -0.2) is 4.68 Å². The zero-order valence-corrected chi connectivity index (χ0v) is 25.3. The zero-order valence-electron chi connectivity index (χ0n) is 25.3. The average Bonchev–Trinajstić information content (AvgIpc) is 3.20. The van der Waals surface area contributed by atoms with E-state index in [0.29, 0.717) is 51.5 Å². The Morgan fingerprint density at radius 3 is 2.33 bits per heavy atom. The van der Waals surface area contributed by atoms with E-state index in [4.69, 9.17) is 24.1 Å². The summed E-state index contributed by atoms with van der Waals surface area (Å²) in [5.41, 5.74) is 2.10. The van der Waals surface area contributed by atoms with Crippen LogP contribution in [0.1, 0.15) is 62.6 Å². The largest absolute Gasteiger partial charge is 0.459 e. The fraction of sp³-hybridized carbons (Fsp3) is 0.625. The summed E-state index contributed by atoms with van der Waals surface area (Å²) in [6, 6.07) is 9.57. The lowest BCUT2D eigenvalue weighted by Gasteiger charge is -2.37. The number of aliphatic hydroxyl groups excluding tert-OH is 1. The molecule has 42 heavy (non-hydrogen) atoms. The number of benzene rings is 1. The van der Waals surface area contributed by atoms with Gasteiger partial charge in [0, 0.05) is 56.4 Å². The molecule has 0 unspecified atom stereocenters. The van der Waals surface area contributed by atoms with Gasteiger partial charge in [-0.2, -0.15) is 0 Å². The molecule has 1 saturated heterocycles. The minimum Gasteiger partial charge on any atom is -0.459 e. The van der Waals surface area contributed by atoms with Crippen LogP contribution in [-0.2, 0) is 30.8 Å². The minimum atomic E-state index is -0.711. The summed E-state index contributed by atoms with van der Waals surface area (Å²) >= 11 is 0. The van der Waals surface area contributed by atoms with Gasteiger partial charge in [-0.3, -0.25) is 14.3 Å². The highest BCUT2D eigenvalue weighted by Crippen LogP contribution is 2.39. The van der Waals surface area contributed by atoms with Crippen LogP contribution in [-0.4, -0.2) is 84.3 Å². The molecule has 1 aromatic carbocycles. The Balaban J connectivity index is 1.70. The Morgan fingerprint density at radius 2 is 1.67 bits per heavy atom. The van der Waals surface area contributed by atoms with Crippen molar-refractivity contribution in [3.63, 3.8) is 0 Å². The summed E-state index contributed by atoms with van der Waals surface area (Å²) in [6.07, 6.45) is 7.07. The first-order chi connectivity index (χ1) is 20.5. The first-order valence-corrected chi connectivity index (χ1v) is 15.4. The smallest absolute Gasteiger partial charge is 0.288 e. The summed E-state index contributed by atoms with van der Waals surface area (Å²) < 4.78 is 27.1. The monoisotopic (exact) mass is 585 g/mol. The number of amides is 1. The van der Waals surface area contributed by atoms with Crippen LogP contribution in [0.3, 0.4) is 0 Å². The minimum absolute atomic E-state index is 0.0289. The summed E-state index contributed by atoms with van der Waals surface area (Å²) in [5.74, 6) is -0.561. The van der Waals surface area contributed by atoms with Gasteiger partial charge in [-0.15, -0.1) is 0 Å². The predicted molar refractivity (Wildman–Crippen MR) is 160 cm³/mol. The molecule has 4 rings (SSSR count). The SMILES string of the molecule is CCO[C@H]1OC(C(=O)N2CCCCCCC2)=C[C@@H](c2c(C)n(C)n(-c3ccccc3)c2=O)[C@H]1CCOCCOCCO. The molecule has 2 aliphatic heterocycles. The highest BCUT2D eigenvalue weighted by Gasteiger charge is 2.41. The van der Waals surface area contributed by atoms with Gasteiger partial charge in [-0.1, -0.05) is 37.5 Å². The van der Waals surface area contributed by atoms with Crippen molar-refractivity contribution in [3.8, 4) is 5.69 Å². The van der Waals surface area contributed by atoms with Gasteiger partial charge in [0.15, 0.2) is 5.76 Å². The van der Waals surface area contributed by atoms with Crippen molar-refractivity contribution in [1.82, 2.24) is 14.3 Å². The van der Waals surface area contributed by atoms with E-state index in [1.807, 2.05) is 66.9 Å². The molecule has 1 N–H and O–H groups in total. The zero-order chi connectivity index (χ0) is 29.9. The first kappa shape index (κ1) is 32.0. The van der Waals surface area contributed by atoms with Gasteiger partial charge >= 0.3 is 0 Å². The van der Waals surface area contributed by atoms with Gasteiger partial charge in [0.2, 0.25) is 6.29 Å². The molecule has 0 bridgehead atoms. The van der Waals surface area contributed by atoms with Crippen LogP contribution in [0.25, 0.3) is 5.69 Å². The molecular formula is C32H47N3O7. The van der Waals surface area contributed by atoms with Gasteiger partial charge in [-0.05, 0) is 51.3 Å². The summed E-state index contributed by atoms with van der Waals surface area (Å²) in [6.45, 7) is 7.06. The predicted octanol–water partition coefficient (Wildman–Crippen LogP) is 3.67.